The average molecular weight is 461 g/mol. The Labute approximate surface area is 184 Å². The van der Waals surface area contributed by atoms with Gasteiger partial charge in [0.25, 0.3) is 0 Å². The monoisotopic (exact) mass is 460 g/mol. The van der Waals surface area contributed by atoms with Crippen LogP contribution in [0.5, 0.6) is 0 Å². The fourth-order valence-electron chi connectivity index (χ4n) is 3.10. The summed E-state index contributed by atoms with van der Waals surface area (Å²) >= 11 is 1.25. The normalized spacial score (nSPS) is 14.2. The van der Waals surface area contributed by atoms with Crippen LogP contribution in [0.15, 0.2) is 58.6 Å². The van der Waals surface area contributed by atoms with Gasteiger partial charge in [0, 0.05) is 25.7 Å². The average Bonchev–Trinajstić information content (AvgIpc) is 3.51. The van der Waals surface area contributed by atoms with E-state index >= 15 is 0 Å². The lowest BCUT2D eigenvalue weighted by molar-refractivity contribution is 0.102. The molecular formula is C21H21FN4O3S2. The van der Waals surface area contributed by atoms with Gasteiger partial charge in [0.05, 0.1) is 16.2 Å². The van der Waals surface area contributed by atoms with Crippen LogP contribution in [0.25, 0.3) is 11.4 Å². The van der Waals surface area contributed by atoms with Crippen molar-refractivity contribution in [1.29, 1.82) is 0 Å². The van der Waals surface area contributed by atoms with Crippen LogP contribution >= 0.6 is 11.8 Å². The molecule has 0 unspecified atom stereocenters. The topological polar surface area (TPSA) is 85.2 Å². The highest BCUT2D eigenvalue weighted by Gasteiger charge is 2.31. The number of thioether (sulfide) groups is 1. The molecule has 1 heterocycles. The van der Waals surface area contributed by atoms with E-state index in [1.54, 1.807) is 18.2 Å². The van der Waals surface area contributed by atoms with Crippen LogP contribution in [0.3, 0.4) is 0 Å². The molecule has 0 bridgehead atoms. The molecule has 0 N–H and O–H groups in total. The Kier molecular flexibility index (Phi) is 5.96. The molecule has 10 heteroatoms. The summed E-state index contributed by atoms with van der Waals surface area (Å²) in [5.41, 5.74) is 0.801. The van der Waals surface area contributed by atoms with Crippen LogP contribution in [0, 0.1) is 5.82 Å². The number of hydrogen-bond acceptors (Lipinski definition) is 6. The maximum atomic E-state index is 14.3. The van der Waals surface area contributed by atoms with Crippen molar-refractivity contribution < 1.29 is 17.6 Å². The Morgan fingerprint density at radius 1 is 1.13 bits per heavy atom. The molecule has 0 aliphatic heterocycles. The SMILES string of the molecule is CN(C)S(=O)(=O)c1ccc(C(=O)CSc2nnc(-c3ccccc3F)n2C2CC2)cc1. The zero-order chi connectivity index (χ0) is 22.2. The fraction of sp³-hybridized carbons (Fsp3) is 0.286. The second-order valence-electron chi connectivity index (χ2n) is 7.41. The predicted molar refractivity (Wildman–Crippen MR) is 116 cm³/mol. The first-order valence-corrected chi connectivity index (χ1v) is 12.1. The first kappa shape index (κ1) is 21.7. The van der Waals surface area contributed by atoms with Gasteiger partial charge < -0.3 is 0 Å². The van der Waals surface area contributed by atoms with E-state index in [9.17, 15) is 17.6 Å². The van der Waals surface area contributed by atoms with E-state index in [4.69, 9.17) is 0 Å². The lowest BCUT2D eigenvalue weighted by atomic mass is 10.1. The van der Waals surface area contributed by atoms with E-state index < -0.39 is 10.0 Å². The quantitative estimate of drug-likeness (QED) is 0.377. The predicted octanol–water partition coefficient (Wildman–Crippen LogP) is 3.64. The Bertz CT molecular complexity index is 1220. The standard InChI is InChI=1S/C21H21FN4O3S2/c1-25(2)31(28,29)16-11-7-14(8-12-16)19(27)13-30-21-24-23-20(26(21)15-9-10-15)17-5-3-4-6-18(17)22/h3-8,11-12,15H,9-10,13H2,1-2H3. The van der Waals surface area contributed by atoms with Gasteiger partial charge in [-0.1, -0.05) is 36.0 Å². The highest BCUT2D eigenvalue weighted by molar-refractivity contribution is 7.99. The maximum absolute atomic E-state index is 14.3. The molecule has 0 spiro atoms. The zero-order valence-corrected chi connectivity index (χ0v) is 18.7. The van der Waals surface area contributed by atoms with Gasteiger partial charge in [-0.2, -0.15) is 0 Å². The number of carbonyl (C=O) groups excluding carboxylic acids is 1. The van der Waals surface area contributed by atoms with Crippen molar-refractivity contribution in [2.45, 2.75) is 28.9 Å². The maximum Gasteiger partial charge on any atom is 0.242 e. The van der Waals surface area contributed by atoms with Crippen molar-refractivity contribution in [2.75, 3.05) is 19.8 Å². The molecule has 0 radical (unpaired) electrons. The van der Waals surface area contributed by atoms with Crippen molar-refractivity contribution >= 4 is 27.6 Å². The molecule has 0 saturated heterocycles. The van der Waals surface area contributed by atoms with Crippen LogP contribution in [-0.4, -0.2) is 53.1 Å². The molecule has 1 fully saturated rings. The highest BCUT2D eigenvalue weighted by Crippen LogP contribution is 2.41. The molecule has 31 heavy (non-hydrogen) atoms. The minimum Gasteiger partial charge on any atom is -0.299 e. The van der Waals surface area contributed by atoms with Gasteiger partial charge in [0.1, 0.15) is 5.82 Å². The van der Waals surface area contributed by atoms with Crippen LogP contribution in [0.1, 0.15) is 29.2 Å². The number of nitrogens with zero attached hydrogens (tertiary/aromatic N) is 4. The Hall–Kier alpha value is -2.56. The molecule has 7 nitrogen and oxygen atoms in total. The number of carbonyl (C=O) groups is 1. The molecule has 1 aliphatic rings. The zero-order valence-electron chi connectivity index (χ0n) is 17.0. The van der Waals surface area contributed by atoms with E-state index in [1.165, 1.54) is 56.2 Å². The van der Waals surface area contributed by atoms with Crippen molar-refractivity contribution in [3.05, 3.63) is 59.9 Å². The summed E-state index contributed by atoms with van der Waals surface area (Å²) in [6.07, 6.45) is 1.92. The van der Waals surface area contributed by atoms with E-state index in [1.807, 2.05) is 4.57 Å². The van der Waals surface area contributed by atoms with Gasteiger partial charge in [-0.05, 0) is 37.1 Å². The molecular weight excluding hydrogens is 439 g/mol. The van der Waals surface area contributed by atoms with Crippen LogP contribution in [0.2, 0.25) is 0 Å². The van der Waals surface area contributed by atoms with Crippen LogP contribution in [-0.2, 0) is 10.0 Å². The Balaban J connectivity index is 1.51. The van der Waals surface area contributed by atoms with Crippen LogP contribution in [0.4, 0.5) is 4.39 Å². The molecule has 0 atom stereocenters. The van der Waals surface area contributed by atoms with Gasteiger partial charge in [0.2, 0.25) is 10.0 Å². The number of rotatable bonds is 8. The third-order valence-corrected chi connectivity index (χ3v) is 7.75. The molecule has 1 aromatic heterocycles. The van der Waals surface area contributed by atoms with Crippen molar-refractivity contribution in [3.63, 3.8) is 0 Å². The highest BCUT2D eigenvalue weighted by atomic mass is 32.2. The molecule has 3 aromatic rings. The van der Waals surface area contributed by atoms with Gasteiger partial charge in [-0.15, -0.1) is 10.2 Å². The first-order valence-electron chi connectivity index (χ1n) is 9.67. The Morgan fingerprint density at radius 2 is 1.81 bits per heavy atom. The third-order valence-electron chi connectivity index (χ3n) is 4.98. The van der Waals surface area contributed by atoms with Gasteiger partial charge in [0.15, 0.2) is 16.8 Å². The van der Waals surface area contributed by atoms with Crippen molar-refractivity contribution in [2.24, 2.45) is 0 Å². The van der Waals surface area contributed by atoms with Crippen molar-refractivity contribution in [3.8, 4) is 11.4 Å². The van der Waals surface area contributed by atoms with Crippen LogP contribution < -0.4 is 0 Å². The second-order valence-corrected chi connectivity index (χ2v) is 10.5. The fourth-order valence-corrected chi connectivity index (χ4v) is 4.90. The lowest BCUT2D eigenvalue weighted by Crippen LogP contribution is -2.22. The summed E-state index contributed by atoms with van der Waals surface area (Å²) in [4.78, 5) is 12.8. The number of ketones is 1. The number of Topliss-reactive ketones (excluding diaryl/α,β-unsaturated/α-hetero) is 1. The van der Waals surface area contributed by atoms with E-state index in [2.05, 4.69) is 10.2 Å². The summed E-state index contributed by atoms with van der Waals surface area (Å²) in [5, 5.41) is 8.95. The van der Waals surface area contributed by atoms with E-state index in [0.717, 1.165) is 17.1 Å². The number of hydrogen-bond donors (Lipinski definition) is 0. The molecule has 1 saturated carbocycles. The summed E-state index contributed by atoms with van der Waals surface area (Å²) in [6.45, 7) is 0. The minimum atomic E-state index is -3.55. The molecule has 4 rings (SSSR count). The lowest BCUT2D eigenvalue weighted by Gasteiger charge is -2.11. The second kappa shape index (κ2) is 8.52. The largest absolute Gasteiger partial charge is 0.299 e. The van der Waals surface area contributed by atoms with E-state index in [-0.39, 0.29) is 28.3 Å². The summed E-state index contributed by atoms with van der Waals surface area (Å²) in [5.74, 6) is 0.0598. The molecule has 0 amide bonds. The number of halogens is 1. The number of sulfonamides is 1. The smallest absolute Gasteiger partial charge is 0.242 e. The van der Waals surface area contributed by atoms with Gasteiger partial charge in [-0.25, -0.2) is 17.1 Å². The third kappa shape index (κ3) is 4.41. The van der Waals surface area contributed by atoms with Crippen molar-refractivity contribution in [1.82, 2.24) is 19.1 Å². The van der Waals surface area contributed by atoms with E-state index in [0.29, 0.717) is 22.1 Å². The number of aromatic nitrogens is 3. The molecule has 162 valence electrons. The minimum absolute atomic E-state index is 0.113. The Morgan fingerprint density at radius 3 is 2.42 bits per heavy atom. The summed E-state index contributed by atoms with van der Waals surface area (Å²) < 4.78 is 41.6. The first-order chi connectivity index (χ1) is 14.8. The molecule has 2 aromatic carbocycles. The summed E-state index contributed by atoms with van der Waals surface area (Å²) in [6, 6.07) is 12.5. The molecule has 1 aliphatic carbocycles. The summed E-state index contributed by atoms with van der Waals surface area (Å²) in [7, 11) is -0.635. The number of benzene rings is 2. The van der Waals surface area contributed by atoms with Gasteiger partial charge >= 0.3 is 0 Å². The van der Waals surface area contributed by atoms with Gasteiger partial charge in [-0.3, -0.25) is 9.36 Å².